The fourth-order valence-electron chi connectivity index (χ4n) is 1.20. The monoisotopic (exact) mass is 342 g/mol. The van der Waals surface area contributed by atoms with Gasteiger partial charge in [-0.3, -0.25) is 0 Å². The first-order valence-electron chi connectivity index (χ1n) is 4.57. The molecule has 0 saturated carbocycles. The number of hydrogen-bond donors (Lipinski definition) is 1. The number of aromatic hydroxyl groups is 1. The van der Waals surface area contributed by atoms with Crippen LogP contribution in [-0.4, -0.2) is 5.11 Å². The quantitative estimate of drug-likeness (QED) is 0.855. The molecule has 0 spiro atoms. The highest BCUT2D eigenvalue weighted by Crippen LogP contribution is 2.32. The highest BCUT2D eigenvalue weighted by Gasteiger charge is 2.03. The third-order valence-electron chi connectivity index (χ3n) is 1.96. The summed E-state index contributed by atoms with van der Waals surface area (Å²) in [4.78, 5) is 0. The number of phenolic OH excluding ortho intramolecular Hbond substituents is 1. The molecule has 0 radical (unpaired) electrons. The number of rotatable bonds is 2. The Balaban J connectivity index is 2.26. The zero-order valence-electron chi connectivity index (χ0n) is 8.15. The van der Waals surface area contributed by atoms with Gasteiger partial charge in [0.15, 0.2) is 0 Å². The van der Waals surface area contributed by atoms with Crippen molar-refractivity contribution in [3.8, 4) is 17.2 Å². The van der Waals surface area contributed by atoms with E-state index in [2.05, 4.69) is 31.9 Å². The van der Waals surface area contributed by atoms with E-state index in [0.717, 1.165) is 14.7 Å². The third kappa shape index (κ3) is 2.77. The third-order valence-corrected chi connectivity index (χ3v) is 3.11. The zero-order valence-corrected chi connectivity index (χ0v) is 11.3. The molecule has 0 aliphatic heterocycles. The van der Waals surface area contributed by atoms with Gasteiger partial charge in [-0.25, -0.2) is 0 Å². The van der Waals surface area contributed by atoms with Gasteiger partial charge in [0.1, 0.15) is 17.2 Å². The molecular formula is C12H8Br2O2. The lowest BCUT2D eigenvalue weighted by Gasteiger charge is -2.08. The summed E-state index contributed by atoms with van der Waals surface area (Å²) in [5, 5.41) is 9.15. The van der Waals surface area contributed by atoms with Crippen LogP contribution in [0, 0.1) is 0 Å². The maximum Gasteiger partial charge on any atom is 0.142 e. The first-order chi connectivity index (χ1) is 7.65. The normalized spacial score (nSPS) is 10.1. The van der Waals surface area contributed by atoms with Crippen LogP contribution in [0.15, 0.2) is 51.4 Å². The second kappa shape index (κ2) is 4.89. The average Bonchev–Trinajstić information content (AvgIpc) is 2.27. The number of ether oxygens (including phenoxy) is 1. The molecule has 0 unspecified atom stereocenters. The highest BCUT2D eigenvalue weighted by molar-refractivity contribution is 9.11. The van der Waals surface area contributed by atoms with Gasteiger partial charge in [0.2, 0.25) is 0 Å². The minimum Gasteiger partial charge on any atom is -0.508 e. The van der Waals surface area contributed by atoms with Crippen molar-refractivity contribution in [2.75, 3.05) is 0 Å². The predicted octanol–water partition coefficient (Wildman–Crippen LogP) is 4.71. The molecule has 0 amide bonds. The number of phenols is 1. The van der Waals surface area contributed by atoms with E-state index >= 15 is 0 Å². The first-order valence-corrected chi connectivity index (χ1v) is 6.16. The Hall–Kier alpha value is -1.00. The van der Waals surface area contributed by atoms with E-state index < -0.39 is 0 Å². The summed E-state index contributed by atoms with van der Waals surface area (Å²) in [6.45, 7) is 0. The van der Waals surface area contributed by atoms with Crippen LogP contribution in [-0.2, 0) is 0 Å². The second-order valence-corrected chi connectivity index (χ2v) is 4.94. The summed E-state index contributed by atoms with van der Waals surface area (Å²) < 4.78 is 7.48. The Morgan fingerprint density at radius 3 is 2.31 bits per heavy atom. The van der Waals surface area contributed by atoms with Crippen molar-refractivity contribution in [3.05, 3.63) is 51.4 Å². The van der Waals surface area contributed by atoms with E-state index in [1.807, 2.05) is 18.2 Å². The Morgan fingerprint density at radius 1 is 0.938 bits per heavy atom. The lowest BCUT2D eigenvalue weighted by Crippen LogP contribution is -1.85. The molecule has 0 aliphatic carbocycles. The van der Waals surface area contributed by atoms with E-state index in [9.17, 15) is 0 Å². The standard InChI is InChI=1S/C12H8Br2O2/c13-8-1-6-11(14)12(7-8)16-10-4-2-9(15)3-5-10/h1-7,15H. The van der Waals surface area contributed by atoms with Crippen molar-refractivity contribution in [1.82, 2.24) is 0 Å². The summed E-state index contributed by atoms with van der Waals surface area (Å²) in [7, 11) is 0. The molecule has 2 aromatic carbocycles. The maximum absolute atomic E-state index is 9.15. The molecule has 2 nitrogen and oxygen atoms in total. The Labute approximate surface area is 110 Å². The van der Waals surface area contributed by atoms with Crippen LogP contribution in [0.5, 0.6) is 17.2 Å². The second-order valence-electron chi connectivity index (χ2n) is 3.17. The van der Waals surface area contributed by atoms with Gasteiger partial charge < -0.3 is 9.84 Å². The molecule has 0 bridgehead atoms. The predicted molar refractivity (Wildman–Crippen MR) is 70.0 cm³/mol. The fourth-order valence-corrected chi connectivity index (χ4v) is 1.86. The topological polar surface area (TPSA) is 29.5 Å². The summed E-state index contributed by atoms with van der Waals surface area (Å²) in [6, 6.07) is 12.3. The largest absolute Gasteiger partial charge is 0.508 e. The number of halogens is 2. The van der Waals surface area contributed by atoms with Gasteiger partial charge in [-0.05, 0) is 58.4 Å². The van der Waals surface area contributed by atoms with Crippen LogP contribution in [0.4, 0.5) is 0 Å². The maximum atomic E-state index is 9.15. The van der Waals surface area contributed by atoms with E-state index in [4.69, 9.17) is 9.84 Å². The minimum absolute atomic E-state index is 0.223. The first kappa shape index (κ1) is 11.5. The van der Waals surface area contributed by atoms with Crippen molar-refractivity contribution in [2.24, 2.45) is 0 Å². The van der Waals surface area contributed by atoms with Gasteiger partial charge in [0.25, 0.3) is 0 Å². The molecule has 0 heterocycles. The Kier molecular flexibility index (Phi) is 3.51. The van der Waals surface area contributed by atoms with Crippen molar-refractivity contribution in [2.45, 2.75) is 0 Å². The van der Waals surface area contributed by atoms with Crippen LogP contribution in [0.25, 0.3) is 0 Å². The van der Waals surface area contributed by atoms with Crippen molar-refractivity contribution >= 4 is 31.9 Å². The molecule has 1 N–H and O–H groups in total. The SMILES string of the molecule is Oc1ccc(Oc2cc(Br)ccc2Br)cc1. The Morgan fingerprint density at radius 2 is 1.62 bits per heavy atom. The molecule has 16 heavy (non-hydrogen) atoms. The smallest absolute Gasteiger partial charge is 0.142 e. The van der Waals surface area contributed by atoms with Gasteiger partial charge >= 0.3 is 0 Å². The van der Waals surface area contributed by atoms with Crippen molar-refractivity contribution in [1.29, 1.82) is 0 Å². The highest BCUT2D eigenvalue weighted by atomic mass is 79.9. The van der Waals surface area contributed by atoms with Crippen molar-refractivity contribution < 1.29 is 9.84 Å². The van der Waals surface area contributed by atoms with E-state index in [1.165, 1.54) is 0 Å². The average molecular weight is 344 g/mol. The zero-order chi connectivity index (χ0) is 11.5. The van der Waals surface area contributed by atoms with Crippen molar-refractivity contribution in [3.63, 3.8) is 0 Å². The molecule has 0 fully saturated rings. The van der Waals surface area contributed by atoms with E-state index in [0.29, 0.717) is 5.75 Å². The Bertz CT molecular complexity index is 495. The lowest BCUT2D eigenvalue weighted by molar-refractivity contribution is 0.463. The van der Waals surface area contributed by atoms with Crippen LogP contribution < -0.4 is 4.74 Å². The van der Waals surface area contributed by atoms with Crippen LogP contribution in [0.2, 0.25) is 0 Å². The van der Waals surface area contributed by atoms with Crippen LogP contribution in [0.1, 0.15) is 0 Å². The van der Waals surface area contributed by atoms with Crippen LogP contribution in [0.3, 0.4) is 0 Å². The molecule has 0 saturated heterocycles. The molecular weight excluding hydrogens is 336 g/mol. The molecule has 82 valence electrons. The molecule has 2 rings (SSSR count). The van der Waals surface area contributed by atoms with Gasteiger partial charge in [-0.2, -0.15) is 0 Å². The summed E-state index contributed by atoms with van der Waals surface area (Å²) >= 11 is 6.79. The fraction of sp³-hybridized carbons (Fsp3) is 0. The molecule has 2 aromatic rings. The van der Waals surface area contributed by atoms with Crippen LogP contribution >= 0.6 is 31.9 Å². The summed E-state index contributed by atoms with van der Waals surface area (Å²) in [6.07, 6.45) is 0. The van der Waals surface area contributed by atoms with Gasteiger partial charge in [0, 0.05) is 4.47 Å². The van der Waals surface area contributed by atoms with E-state index in [-0.39, 0.29) is 5.75 Å². The number of benzene rings is 2. The molecule has 0 aromatic heterocycles. The molecule has 0 atom stereocenters. The molecule has 4 heteroatoms. The number of hydrogen-bond acceptors (Lipinski definition) is 2. The summed E-state index contributed by atoms with van der Waals surface area (Å²) in [5.41, 5.74) is 0. The minimum atomic E-state index is 0.223. The van der Waals surface area contributed by atoms with Gasteiger partial charge in [-0.1, -0.05) is 15.9 Å². The lowest BCUT2D eigenvalue weighted by atomic mass is 10.3. The summed E-state index contributed by atoms with van der Waals surface area (Å²) in [5.74, 6) is 1.62. The van der Waals surface area contributed by atoms with Gasteiger partial charge in [-0.15, -0.1) is 0 Å². The molecule has 0 aliphatic rings. The van der Waals surface area contributed by atoms with E-state index in [1.54, 1.807) is 24.3 Å². The van der Waals surface area contributed by atoms with Gasteiger partial charge in [0.05, 0.1) is 4.47 Å².